The number of aromatic nitrogens is 6. The van der Waals surface area contributed by atoms with E-state index in [1.807, 2.05) is 0 Å². The summed E-state index contributed by atoms with van der Waals surface area (Å²) < 4.78 is 75.6. The van der Waals surface area contributed by atoms with Gasteiger partial charge < -0.3 is 29.9 Å². The Bertz CT molecular complexity index is 3450. The number of rotatable bonds is 23. The van der Waals surface area contributed by atoms with Crippen molar-refractivity contribution in [1.82, 2.24) is 48.7 Å². The van der Waals surface area contributed by atoms with Crippen molar-refractivity contribution in [2.24, 2.45) is 0 Å². The molecule has 6 aromatic rings. The summed E-state index contributed by atoms with van der Waals surface area (Å²) in [5.41, 5.74) is -0.158. The third kappa shape index (κ3) is 13.3. The highest BCUT2D eigenvalue weighted by atomic mass is 19.1. The van der Waals surface area contributed by atoms with Crippen LogP contribution in [0.15, 0.2) is 117 Å². The number of halogens is 4. The quantitative estimate of drug-likeness (QED) is 0.0523. The number of carbonyl (C=O) groups excluding carboxylic acids is 4. The topological polar surface area (TPSA) is 231 Å². The Morgan fingerprint density at radius 1 is 0.560 bits per heavy atom. The zero-order valence-corrected chi connectivity index (χ0v) is 46.3. The number of benzene rings is 2. The van der Waals surface area contributed by atoms with Gasteiger partial charge in [0.2, 0.25) is 35.5 Å². The van der Waals surface area contributed by atoms with Crippen molar-refractivity contribution < 1.29 is 46.2 Å². The van der Waals surface area contributed by atoms with Crippen LogP contribution in [-0.4, -0.2) is 126 Å². The molecule has 2 aliphatic carbocycles. The second-order valence-corrected chi connectivity index (χ2v) is 21.9. The van der Waals surface area contributed by atoms with Crippen LogP contribution in [0.4, 0.5) is 17.6 Å². The molecule has 10 rings (SSSR count). The first-order valence-electron chi connectivity index (χ1n) is 28.1. The molecule has 20 nitrogen and oxygen atoms in total. The third-order valence-electron chi connectivity index (χ3n) is 15.7. The summed E-state index contributed by atoms with van der Waals surface area (Å²) in [6, 6.07) is 19.6. The van der Waals surface area contributed by atoms with Gasteiger partial charge in [-0.15, -0.1) is 0 Å². The molecule has 6 heterocycles. The first kappa shape index (κ1) is 58.8. The molecule has 2 saturated carbocycles. The number of amides is 4. The Kier molecular flexibility index (Phi) is 17.9. The van der Waals surface area contributed by atoms with Crippen LogP contribution < -0.4 is 33.1 Å². The molecule has 0 unspecified atom stereocenters. The average Bonchev–Trinajstić information content (AvgIpc) is 4.42. The molecule has 2 N–H and O–H groups in total. The van der Waals surface area contributed by atoms with Crippen molar-refractivity contribution in [3.8, 4) is 0 Å². The second-order valence-electron chi connectivity index (χ2n) is 21.9. The van der Waals surface area contributed by atoms with E-state index in [2.05, 4.69) is 20.6 Å². The summed E-state index contributed by atoms with van der Waals surface area (Å²) in [6.07, 6.45) is 2.09. The molecular formula is C60H64F4N10O10. The number of hydrogen-bond donors (Lipinski definition) is 2. The summed E-state index contributed by atoms with van der Waals surface area (Å²) in [6.45, 7) is -0.0850. The number of nitrogens with one attached hydrogen (secondary N) is 2. The highest BCUT2D eigenvalue weighted by Gasteiger charge is 2.43. The first-order valence-corrected chi connectivity index (χ1v) is 28.1. The lowest BCUT2D eigenvalue weighted by atomic mass is 10.0. The fourth-order valence-corrected chi connectivity index (χ4v) is 11.0. The normalized spacial score (nSPS) is 19.3. The molecule has 0 spiro atoms. The predicted octanol–water partition coefficient (Wildman–Crippen LogP) is 4.20. The third-order valence-corrected chi connectivity index (χ3v) is 15.7. The lowest BCUT2D eigenvalue weighted by Crippen LogP contribution is -2.49. The zero-order chi connectivity index (χ0) is 59.3. The van der Waals surface area contributed by atoms with Gasteiger partial charge in [-0.3, -0.25) is 47.0 Å². The van der Waals surface area contributed by atoms with Crippen LogP contribution in [0.5, 0.6) is 0 Å². The average molecular weight is 1160 g/mol. The number of carbonyl (C=O) groups is 4. The molecule has 4 aliphatic rings. The van der Waals surface area contributed by atoms with Gasteiger partial charge in [-0.05, 0) is 74.6 Å². The highest BCUT2D eigenvalue weighted by Crippen LogP contribution is 2.42. The summed E-state index contributed by atoms with van der Waals surface area (Å²) >= 11 is 0. The Morgan fingerprint density at radius 2 is 0.940 bits per heavy atom. The standard InChI is InChI=1S/C60H64F4N10O10/c1-35-29-69(33-49(75)73-31-41(61)27-47(73)55(77)67-51(39-9-5-3-6-10-39)45-19-17-43(37-13-14-37)53(63)65-45)59(81)71(57(35)79)21-23-83-25-26-84-24-22-72-58(80)36(2)30-70(60(72)82)34-50(76)74-32-42(62)28-48(74)56(78)68-52(40-11-7-4-8-12-40)46-20-18-44(38-15-16-38)54(64)66-46/h3-12,17-20,29-30,37-38,41-42,47-48,51-52H,13-16,21-28,31-34H2,1-2H3,(H,67,77)(H,68,78)/t41-,42-,47+,48+,51+,52+/m1/s1. The summed E-state index contributed by atoms with van der Waals surface area (Å²) in [4.78, 5) is 120. The van der Waals surface area contributed by atoms with Crippen LogP contribution >= 0.6 is 0 Å². The largest absolute Gasteiger partial charge is 0.377 e. The number of nitrogens with zero attached hydrogens (tertiary/aromatic N) is 8. The fraction of sp³-hybridized carbons (Fsp3) is 0.433. The van der Waals surface area contributed by atoms with Gasteiger partial charge in [-0.2, -0.15) is 8.78 Å². The number of likely N-dealkylation sites (tertiary alicyclic amines) is 2. The Hall–Kier alpha value is -8.38. The zero-order valence-electron chi connectivity index (χ0n) is 46.3. The maximum atomic E-state index is 15.2. The van der Waals surface area contributed by atoms with Crippen molar-refractivity contribution in [2.75, 3.05) is 39.5 Å². The number of aryl methyl sites for hydroxylation is 2. The number of pyridine rings is 2. The van der Waals surface area contributed by atoms with Crippen LogP contribution in [0.1, 0.15) is 107 Å². The molecule has 442 valence electrons. The second kappa shape index (κ2) is 25.6. The Morgan fingerprint density at radius 3 is 1.30 bits per heavy atom. The molecule has 2 aliphatic heterocycles. The molecule has 84 heavy (non-hydrogen) atoms. The van der Waals surface area contributed by atoms with Crippen LogP contribution in [0.2, 0.25) is 0 Å². The van der Waals surface area contributed by atoms with Gasteiger partial charge in [-0.1, -0.05) is 72.8 Å². The maximum Gasteiger partial charge on any atom is 0.331 e. The molecule has 0 bridgehead atoms. The van der Waals surface area contributed by atoms with E-state index in [4.69, 9.17) is 9.47 Å². The van der Waals surface area contributed by atoms with E-state index in [-0.39, 0.29) is 86.7 Å². The Balaban J connectivity index is 0.710. The van der Waals surface area contributed by atoms with E-state index in [1.165, 1.54) is 26.2 Å². The number of ether oxygens (including phenoxy) is 2. The highest BCUT2D eigenvalue weighted by molar-refractivity contribution is 5.89. The number of alkyl halides is 2. The SMILES string of the molecule is Cc1cn(CC(=O)N2C[C@H](F)C[C@H]2C(=O)N[C@@H](c2ccccc2)c2ccc(C3CC3)c(F)n2)c(=O)n(CCOCCOCCn2c(=O)c(C)cn(CC(=O)N3C[C@H](F)C[C@H]3C(=O)N[C@@H](c3ccccc3)c3ccc(C4CC4)c(F)n3)c2=O)c1=O. The molecule has 4 amide bonds. The van der Waals surface area contributed by atoms with E-state index < -0.39 is 121 Å². The van der Waals surface area contributed by atoms with Crippen LogP contribution in [-0.2, 0) is 54.8 Å². The summed E-state index contributed by atoms with van der Waals surface area (Å²) in [5, 5.41) is 5.71. The van der Waals surface area contributed by atoms with Gasteiger partial charge in [0.05, 0.1) is 76.1 Å². The molecule has 24 heteroatoms. The van der Waals surface area contributed by atoms with E-state index >= 15 is 17.6 Å². The molecule has 0 radical (unpaired) electrons. The van der Waals surface area contributed by atoms with Gasteiger partial charge >= 0.3 is 11.4 Å². The van der Waals surface area contributed by atoms with E-state index in [9.17, 15) is 38.4 Å². The van der Waals surface area contributed by atoms with Gasteiger partial charge in [0.15, 0.2) is 0 Å². The summed E-state index contributed by atoms with van der Waals surface area (Å²) in [7, 11) is 0. The van der Waals surface area contributed by atoms with Crippen LogP contribution in [0.3, 0.4) is 0 Å². The first-order chi connectivity index (χ1) is 40.4. The molecule has 4 fully saturated rings. The van der Waals surface area contributed by atoms with Crippen molar-refractivity contribution in [3.63, 3.8) is 0 Å². The maximum absolute atomic E-state index is 15.2. The lowest BCUT2D eigenvalue weighted by molar-refractivity contribution is -0.139. The minimum Gasteiger partial charge on any atom is -0.377 e. The van der Waals surface area contributed by atoms with E-state index in [0.717, 1.165) is 53.8 Å². The summed E-state index contributed by atoms with van der Waals surface area (Å²) in [5.74, 6) is -3.98. The van der Waals surface area contributed by atoms with Crippen LogP contribution in [0, 0.1) is 25.7 Å². The molecular weight excluding hydrogens is 1100 g/mol. The molecule has 2 saturated heterocycles. The van der Waals surface area contributed by atoms with Gasteiger partial charge in [0.1, 0.15) is 37.5 Å². The number of hydrogen-bond acceptors (Lipinski definition) is 12. The predicted molar refractivity (Wildman–Crippen MR) is 296 cm³/mol. The van der Waals surface area contributed by atoms with Gasteiger partial charge in [0.25, 0.3) is 11.1 Å². The molecule has 4 aromatic heterocycles. The van der Waals surface area contributed by atoms with Gasteiger partial charge in [0, 0.05) is 47.5 Å². The molecule has 6 atom stereocenters. The van der Waals surface area contributed by atoms with Crippen molar-refractivity contribution in [3.05, 3.63) is 196 Å². The van der Waals surface area contributed by atoms with E-state index in [0.29, 0.717) is 22.3 Å². The monoisotopic (exact) mass is 1160 g/mol. The van der Waals surface area contributed by atoms with Crippen molar-refractivity contribution in [2.45, 2.75) is 127 Å². The fourth-order valence-electron chi connectivity index (χ4n) is 11.0. The smallest absolute Gasteiger partial charge is 0.331 e. The van der Waals surface area contributed by atoms with Crippen molar-refractivity contribution in [1.29, 1.82) is 0 Å². The van der Waals surface area contributed by atoms with Crippen molar-refractivity contribution >= 4 is 23.6 Å². The molecule has 2 aromatic carbocycles. The van der Waals surface area contributed by atoms with Crippen LogP contribution in [0.25, 0.3) is 0 Å². The Labute approximate surface area is 479 Å². The minimum atomic E-state index is -1.56. The lowest BCUT2D eigenvalue weighted by Gasteiger charge is -2.27. The minimum absolute atomic E-state index is 0.0499. The van der Waals surface area contributed by atoms with E-state index in [1.54, 1.807) is 84.9 Å². The van der Waals surface area contributed by atoms with Gasteiger partial charge in [-0.25, -0.2) is 28.3 Å².